The molecule has 0 spiro atoms. The molecule has 2 amide bonds. The molecule has 0 saturated carbocycles. The third-order valence-corrected chi connectivity index (χ3v) is 4.21. The number of aromatic nitrogens is 1. The lowest BCUT2D eigenvalue weighted by Gasteiger charge is -2.17. The molecule has 1 aliphatic heterocycles. The lowest BCUT2D eigenvalue weighted by molar-refractivity contribution is -0.122. The molecule has 22 heavy (non-hydrogen) atoms. The summed E-state index contributed by atoms with van der Waals surface area (Å²) >= 11 is 1.35. The molecule has 0 aliphatic carbocycles. The Balaban J connectivity index is 1.71. The van der Waals surface area contributed by atoms with Gasteiger partial charge in [0.15, 0.2) is 5.13 Å². The maximum Gasteiger partial charge on any atom is 0.231 e. The summed E-state index contributed by atoms with van der Waals surface area (Å²) in [5.41, 5.74) is 0.744. The lowest BCUT2D eigenvalue weighted by Crippen LogP contribution is -2.28. The molecule has 2 aromatic rings. The molecule has 0 radical (unpaired) electrons. The van der Waals surface area contributed by atoms with Gasteiger partial charge in [0, 0.05) is 36.3 Å². The van der Waals surface area contributed by atoms with E-state index in [4.69, 9.17) is 4.74 Å². The minimum Gasteiger partial charge on any atom is -0.497 e. The molecule has 1 aromatic carbocycles. The third-order valence-electron chi connectivity index (χ3n) is 3.52. The van der Waals surface area contributed by atoms with Gasteiger partial charge < -0.3 is 15.0 Å². The molecular formula is C15H15N3O3S. The highest BCUT2D eigenvalue weighted by Gasteiger charge is 2.35. The zero-order valence-electron chi connectivity index (χ0n) is 12.0. The zero-order chi connectivity index (χ0) is 15.5. The summed E-state index contributed by atoms with van der Waals surface area (Å²) in [5, 5.41) is 5.09. The average molecular weight is 317 g/mol. The number of thiazole rings is 1. The minimum absolute atomic E-state index is 0.0625. The van der Waals surface area contributed by atoms with Gasteiger partial charge in [-0.1, -0.05) is 6.07 Å². The Morgan fingerprint density at radius 3 is 3.09 bits per heavy atom. The van der Waals surface area contributed by atoms with Crippen LogP contribution in [0.3, 0.4) is 0 Å². The first-order valence-corrected chi connectivity index (χ1v) is 7.70. The highest BCUT2D eigenvalue weighted by molar-refractivity contribution is 7.13. The Labute approximate surface area is 131 Å². The van der Waals surface area contributed by atoms with Gasteiger partial charge in [-0.2, -0.15) is 0 Å². The molecule has 1 fully saturated rings. The molecular weight excluding hydrogens is 302 g/mol. The fourth-order valence-electron chi connectivity index (χ4n) is 2.40. The van der Waals surface area contributed by atoms with E-state index in [9.17, 15) is 9.59 Å². The van der Waals surface area contributed by atoms with E-state index in [1.807, 2.05) is 18.2 Å². The average Bonchev–Trinajstić information content (AvgIpc) is 3.17. The van der Waals surface area contributed by atoms with Gasteiger partial charge in [-0.05, 0) is 12.1 Å². The maximum absolute atomic E-state index is 12.2. The molecule has 0 unspecified atom stereocenters. The Kier molecular flexibility index (Phi) is 4.06. The smallest absolute Gasteiger partial charge is 0.231 e. The highest BCUT2D eigenvalue weighted by Crippen LogP contribution is 2.28. The molecule has 0 bridgehead atoms. The normalized spacial score (nSPS) is 17.6. The Morgan fingerprint density at radius 2 is 2.36 bits per heavy atom. The van der Waals surface area contributed by atoms with Gasteiger partial charge in [0.05, 0.1) is 13.0 Å². The summed E-state index contributed by atoms with van der Waals surface area (Å²) in [6.45, 7) is 0.364. The van der Waals surface area contributed by atoms with Crippen molar-refractivity contribution < 1.29 is 14.3 Å². The van der Waals surface area contributed by atoms with Crippen LogP contribution in [-0.4, -0.2) is 30.5 Å². The fraction of sp³-hybridized carbons (Fsp3) is 0.267. The van der Waals surface area contributed by atoms with Crippen molar-refractivity contribution in [3.63, 3.8) is 0 Å². The van der Waals surface area contributed by atoms with Gasteiger partial charge in [-0.25, -0.2) is 4.98 Å². The first-order chi connectivity index (χ1) is 10.7. The molecule has 1 aliphatic rings. The number of benzene rings is 1. The van der Waals surface area contributed by atoms with Gasteiger partial charge in [-0.15, -0.1) is 11.3 Å². The summed E-state index contributed by atoms with van der Waals surface area (Å²) in [6.07, 6.45) is 1.83. The Bertz CT molecular complexity index is 687. The van der Waals surface area contributed by atoms with Crippen molar-refractivity contribution in [1.29, 1.82) is 0 Å². The van der Waals surface area contributed by atoms with Crippen LogP contribution < -0.4 is 15.0 Å². The van der Waals surface area contributed by atoms with Crippen LogP contribution in [0.1, 0.15) is 6.42 Å². The van der Waals surface area contributed by atoms with Gasteiger partial charge in [-0.3, -0.25) is 9.59 Å². The predicted molar refractivity (Wildman–Crippen MR) is 84.2 cm³/mol. The third kappa shape index (κ3) is 2.94. The van der Waals surface area contributed by atoms with E-state index in [0.717, 1.165) is 5.69 Å². The molecule has 7 heteroatoms. The molecule has 6 nitrogen and oxygen atoms in total. The first-order valence-electron chi connectivity index (χ1n) is 6.82. The fourth-order valence-corrected chi connectivity index (χ4v) is 2.94. The summed E-state index contributed by atoms with van der Waals surface area (Å²) in [4.78, 5) is 30.0. The summed E-state index contributed by atoms with van der Waals surface area (Å²) in [7, 11) is 1.58. The quantitative estimate of drug-likeness (QED) is 0.938. The standard InChI is InChI=1S/C15H15N3O3S/c1-21-12-4-2-3-11(8-12)18-9-10(7-13(18)19)14(20)17-15-16-5-6-22-15/h2-6,8,10H,7,9H2,1H3,(H,16,17,20)/t10-/m0/s1. The number of nitrogens with one attached hydrogen (secondary N) is 1. The number of methoxy groups -OCH3 is 1. The molecule has 1 aromatic heterocycles. The van der Waals surface area contributed by atoms with Crippen LogP contribution in [0.2, 0.25) is 0 Å². The number of carbonyl (C=O) groups is 2. The number of hydrogen-bond donors (Lipinski definition) is 1. The van der Waals surface area contributed by atoms with E-state index in [1.165, 1.54) is 11.3 Å². The van der Waals surface area contributed by atoms with E-state index >= 15 is 0 Å². The van der Waals surface area contributed by atoms with Gasteiger partial charge in [0.25, 0.3) is 0 Å². The van der Waals surface area contributed by atoms with E-state index in [0.29, 0.717) is 17.4 Å². The Morgan fingerprint density at radius 1 is 1.50 bits per heavy atom. The number of anilines is 2. The van der Waals surface area contributed by atoms with Crippen LogP contribution in [-0.2, 0) is 9.59 Å². The van der Waals surface area contributed by atoms with Crippen molar-refractivity contribution in [2.24, 2.45) is 5.92 Å². The molecule has 2 heterocycles. The second kappa shape index (κ2) is 6.15. The SMILES string of the molecule is COc1cccc(N2C[C@@H](C(=O)Nc3nccs3)CC2=O)c1. The molecule has 114 valence electrons. The van der Waals surface area contributed by atoms with Crippen molar-refractivity contribution in [2.75, 3.05) is 23.9 Å². The second-order valence-corrected chi connectivity index (χ2v) is 5.83. The summed E-state index contributed by atoms with van der Waals surface area (Å²) < 4.78 is 5.17. The van der Waals surface area contributed by atoms with Crippen molar-refractivity contribution in [3.05, 3.63) is 35.8 Å². The summed E-state index contributed by atoms with van der Waals surface area (Å²) in [6, 6.07) is 7.27. The Hall–Kier alpha value is -2.41. The monoisotopic (exact) mass is 317 g/mol. The van der Waals surface area contributed by atoms with Crippen molar-refractivity contribution in [3.8, 4) is 5.75 Å². The van der Waals surface area contributed by atoms with Gasteiger partial charge in [0.1, 0.15) is 5.75 Å². The van der Waals surface area contributed by atoms with Crippen LogP contribution in [0.4, 0.5) is 10.8 Å². The van der Waals surface area contributed by atoms with Crippen molar-refractivity contribution >= 4 is 34.0 Å². The van der Waals surface area contributed by atoms with Gasteiger partial charge in [0.2, 0.25) is 11.8 Å². The highest BCUT2D eigenvalue weighted by atomic mass is 32.1. The number of amides is 2. The molecule has 3 rings (SSSR count). The van der Waals surface area contributed by atoms with Gasteiger partial charge >= 0.3 is 0 Å². The van der Waals surface area contributed by atoms with E-state index < -0.39 is 0 Å². The zero-order valence-corrected chi connectivity index (χ0v) is 12.8. The van der Waals surface area contributed by atoms with Crippen molar-refractivity contribution in [2.45, 2.75) is 6.42 Å². The number of hydrogen-bond acceptors (Lipinski definition) is 5. The number of nitrogens with zero attached hydrogens (tertiary/aromatic N) is 2. The van der Waals surface area contributed by atoms with E-state index in [2.05, 4.69) is 10.3 Å². The lowest BCUT2D eigenvalue weighted by atomic mass is 10.1. The minimum atomic E-state index is -0.373. The van der Waals surface area contributed by atoms with Crippen LogP contribution in [0, 0.1) is 5.92 Å². The van der Waals surface area contributed by atoms with Crippen LogP contribution >= 0.6 is 11.3 Å². The molecule has 1 saturated heterocycles. The largest absolute Gasteiger partial charge is 0.497 e. The van der Waals surface area contributed by atoms with Crippen LogP contribution in [0.15, 0.2) is 35.8 Å². The van der Waals surface area contributed by atoms with E-state index in [1.54, 1.807) is 29.7 Å². The molecule has 1 N–H and O–H groups in total. The maximum atomic E-state index is 12.2. The number of rotatable bonds is 4. The second-order valence-electron chi connectivity index (χ2n) is 4.93. The number of ether oxygens (including phenoxy) is 1. The van der Waals surface area contributed by atoms with Crippen LogP contribution in [0.5, 0.6) is 5.75 Å². The van der Waals surface area contributed by atoms with E-state index in [-0.39, 0.29) is 24.2 Å². The number of carbonyl (C=O) groups excluding carboxylic acids is 2. The topological polar surface area (TPSA) is 71.5 Å². The predicted octanol–water partition coefficient (Wildman–Crippen LogP) is 2.14. The molecule has 1 atom stereocenters. The summed E-state index contributed by atoms with van der Waals surface area (Å²) in [5.74, 6) is 0.0739. The van der Waals surface area contributed by atoms with Crippen molar-refractivity contribution in [1.82, 2.24) is 4.98 Å². The first kappa shape index (κ1) is 14.5. The van der Waals surface area contributed by atoms with Crippen LogP contribution in [0.25, 0.3) is 0 Å².